The van der Waals surface area contributed by atoms with E-state index in [2.05, 4.69) is 0 Å². The van der Waals surface area contributed by atoms with Gasteiger partial charge in [-0.1, -0.05) is 0 Å². The van der Waals surface area contributed by atoms with Crippen molar-refractivity contribution in [3.63, 3.8) is 0 Å². The second kappa shape index (κ2) is 4.92. The van der Waals surface area contributed by atoms with Crippen LogP contribution in [0.1, 0.15) is 13.8 Å². The number of carbonyl (C=O) groups excluding carboxylic acids is 1. The first-order valence-corrected chi connectivity index (χ1v) is 5.04. The van der Waals surface area contributed by atoms with Crippen LogP contribution in [0.2, 0.25) is 0 Å². The third-order valence-corrected chi connectivity index (χ3v) is 2.31. The third-order valence-electron chi connectivity index (χ3n) is 2.31. The van der Waals surface area contributed by atoms with Gasteiger partial charge < -0.3 is 19.5 Å². The summed E-state index contributed by atoms with van der Waals surface area (Å²) in [5.74, 6) is -0.0627. The number of ether oxygens (including phenoxy) is 2. The molecule has 1 aliphatic rings. The van der Waals surface area contributed by atoms with Crippen molar-refractivity contribution in [1.82, 2.24) is 4.90 Å². The number of hydrogen-bond donors (Lipinski definition) is 1. The van der Waals surface area contributed by atoms with Gasteiger partial charge in [-0.2, -0.15) is 0 Å². The fourth-order valence-electron chi connectivity index (χ4n) is 1.80. The fourth-order valence-corrected chi connectivity index (χ4v) is 1.80. The topological polar surface area (TPSA) is 59.0 Å². The van der Waals surface area contributed by atoms with Crippen molar-refractivity contribution in [1.29, 1.82) is 0 Å². The Balaban J connectivity index is 2.61. The SMILES string of the molecule is COCC(=O)N1CC(CO)OC(C)(C)C1. The van der Waals surface area contributed by atoms with Crippen LogP contribution in [-0.2, 0) is 14.3 Å². The molecule has 0 radical (unpaired) electrons. The first-order chi connectivity index (χ1) is 6.98. The van der Waals surface area contributed by atoms with E-state index in [0.717, 1.165) is 0 Å². The van der Waals surface area contributed by atoms with E-state index in [1.165, 1.54) is 7.11 Å². The molecule has 5 nitrogen and oxygen atoms in total. The van der Waals surface area contributed by atoms with Crippen molar-refractivity contribution in [2.75, 3.05) is 33.4 Å². The zero-order chi connectivity index (χ0) is 11.5. The summed E-state index contributed by atoms with van der Waals surface area (Å²) >= 11 is 0. The predicted molar refractivity (Wildman–Crippen MR) is 54.5 cm³/mol. The number of aliphatic hydroxyl groups excluding tert-OH is 1. The van der Waals surface area contributed by atoms with E-state index in [4.69, 9.17) is 14.6 Å². The Hall–Kier alpha value is -0.650. The van der Waals surface area contributed by atoms with Crippen molar-refractivity contribution in [2.45, 2.75) is 25.6 Å². The molecule has 0 aromatic heterocycles. The lowest BCUT2D eigenvalue weighted by molar-refractivity contribution is -0.169. The van der Waals surface area contributed by atoms with Crippen LogP contribution in [0.3, 0.4) is 0 Å². The summed E-state index contributed by atoms with van der Waals surface area (Å²) in [7, 11) is 1.49. The summed E-state index contributed by atoms with van der Waals surface area (Å²) in [6.07, 6.45) is -0.297. The monoisotopic (exact) mass is 217 g/mol. The summed E-state index contributed by atoms with van der Waals surface area (Å²) in [4.78, 5) is 13.3. The quantitative estimate of drug-likeness (QED) is 0.701. The highest BCUT2D eigenvalue weighted by Gasteiger charge is 2.34. The minimum Gasteiger partial charge on any atom is -0.394 e. The van der Waals surface area contributed by atoms with Gasteiger partial charge in [0, 0.05) is 20.2 Å². The van der Waals surface area contributed by atoms with E-state index in [1.807, 2.05) is 13.8 Å². The largest absolute Gasteiger partial charge is 0.394 e. The minimum absolute atomic E-state index is 0.0627. The molecule has 1 saturated heterocycles. The van der Waals surface area contributed by atoms with Gasteiger partial charge in [0.15, 0.2) is 0 Å². The van der Waals surface area contributed by atoms with E-state index in [-0.39, 0.29) is 25.2 Å². The van der Waals surface area contributed by atoms with Gasteiger partial charge in [-0.05, 0) is 13.8 Å². The van der Waals surface area contributed by atoms with Crippen LogP contribution in [0.25, 0.3) is 0 Å². The minimum atomic E-state index is -0.408. The smallest absolute Gasteiger partial charge is 0.248 e. The van der Waals surface area contributed by atoms with Crippen molar-refractivity contribution in [2.24, 2.45) is 0 Å². The number of carbonyl (C=O) groups is 1. The average Bonchev–Trinajstić information content (AvgIpc) is 2.15. The van der Waals surface area contributed by atoms with Crippen molar-refractivity contribution in [3.05, 3.63) is 0 Å². The van der Waals surface area contributed by atoms with Crippen LogP contribution in [0, 0.1) is 0 Å². The maximum Gasteiger partial charge on any atom is 0.248 e. The zero-order valence-corrected chi connectivity index (χ0v) is 9.52. The Kier molecular flexibility index (Phi) is 4.07. The van der Waals surface area contributed by atoms with Crippen LogP contribution in [-0.4, -0.2) is 61.0 Å². The molecule has 1 unspecified atom stereocenters. The number of methoxy groups -OCH3 is 1. The highest BCUT2D eigenvalue weighted by molar-refractivity contribution is 5.77. The molecule has 0 bridgehead atoms. The van der Waals surface area contributed by atoms with Crippen molar-refractivity contribution >= 4 is 5.91 Å². The molecule has 1 atom stereocenters. The molecule has 1 aliphatic heterocycles. The molecule has 15 heavy (non-hydrogen) atoms. The number of rotatable bonds is 3. The van der Waals surface area contributed by atoms with Gasteiger partial charge >= 0.3 is 0 Å². The lowest BCUT2D eigenvalue weighted by Gasteiger charge is -2.42. The van der Waals surface area contributed by atoms with Crippen LogP contribution >= 0.6 is 0 Å². The Bertz CT molecular complexity index is 229. The Labute approximate surface area is 90.0 Å². The van der Waals surface area contributed by atoms with Gasteiger partial charge in [-0.25, -0.2) is 0 Å². The summed E-state index contributed by atoms with van der Waals surface area (Å²) < 4.78 is 10.4. The first kappa shape index (κ1) is 12.4. The zero-order valence-electron chi connectivity index (χ0n) is 9.52. The molecule has 1 fully saturated rings. The third kappa shape index (κ3) is 3.44. The first-order valence-electron chi connectivity index (χ1n) is 5.04. The molecule has 5 heteroatoms. The van der Waals surface area contributed by atoms with Gasteiger partial charge in [-0.15, -0.1) is 0 Å². The average molecular weight is 217 g/mol. The number of morpholine rings is 1. The van der Waals surface area contributed by atoms with E-state index in [9.17, 15) is 4.79 Å². The van der Waals surface area contributed by atoms with E-state index >= 15 is 0 Å². The molecule has 1 rings (SSSR count). The predicted octanol–water partition coefficient (Wildman–Crippen LogP) is -0.369. The van der Waals surface area contributed by atoms with Crippen LogP contribution in [0.5, 0.6) is 0 Å². The lowest BCUT2D eigenvalue weighted by atomic mass is 10.1. The Morgan fingerprint density at radius 2 is 2.33 bits per heavy atom. The Morgan fingerprint density at radius 1 is 1.67 bits per heavy atom. The van der Waals surface area contributed by atoms with E-state index < -0.39 is 5.60 Å². The van der Waals surface area contributed by atoms with Gasteiger partial charge in [-0.3, -0.25) is 4.79 Å². The molecule has 1 N–H and O–H groups in total. The van der Waals surface area contributed by atoms with Crippen LogP contribution < -0.4 is 0 Å². The van der Waals surface area contributed by atoms with Gasteiger partial charge in [0.25, 0.3) is 0 Å². The normalized spacial score (nSPS) is 25.3. The fraction of sp³-hybridized carbons (Fsp3) is 0.900. The molecular formula is C10H19NO4. The Morgan fingerprint density at radius 3 is 2.87 bits per heavy atom. The molecule has 88 valence electrons. The highest BCUT2D eigenvalue weighted by atomic mass is 16.5. The second-order valence-electron chi connectivity index (χ2n) is 4.39. The number of aliphatic hydroxyl groups is 1. The lowest BCUT2D eigenvalue weighted by Crippen LogP contribution is -2.56. The number of hydrogen-bond acceptors (Lipinski definition) is 4. The van der Waals surface area contributed by atoms with Gasteiger partial charge in [0.05, 0.1) is 18.3 Å². The molecule has 0 spiro atoms. The number of nitrogens with zero attached hydrogens (tertiary/aromatic N) is 1. The number of amides is 1. The molecule has 1 heterocycles. The van der Waals surface area contributed by atoms with Crippen LogP contribution in [0.4, 0.5) is 0 Å². The molecule has 0 aliphatic carbocycles. The van der Waals surface area contributed by atoms with Crippen molar-refractivity contribution in [3.8, 4) is 0 Å². The summed E-state index contributed by atoms with van der Waals surface area (Å²) in [6.45, 7) is 4.78. The second-order valence-corrected chi connectivity index (χ2v) is 4.39. The standard InChI is InChI=1S/C10H19NO4/c1-10(2)7-11(9(13)6-14-3)4-8(5-12)15-10/h8,12H,4-7H2,1-3H3. The maximum atomic E-state index is 11.6. The van der Waals surface area contributed by atoms with Gasteiger partial charge in [0.1, 0.15) is 6.61 Å². The highest BCUT2D eigenvalue weighted by Crippen LogP contribution is 2.20. The molecular weight excluding hydrogens is 198 g/mol. The van der Waals surface area contributed by atoms with Crippen LogP contribution in [0.15, 0.2) is 0 Å². The maximum absolute atomic E-state index is 11.6. The van der Waals surface area contributed by atoms with Gasteiger partial charge in [0.2, 0.25) is 5.91 Å². The summed E-state index contributed by atoms with van der Waals surface area (Å²) in [5.41, 5.74) is -0.408. The molecule has 0 aromatic carbocycles. The van der Waals surface area contributed by atoms with E-state index in [1.54, 1.807) is 4.90 Å². The summed E-state index contributed by atoms with van der Waals surface area (Å²) in [5, 5.41) is 9.06. The summed E-state index contributed by atoms with van der Waals surface area (Å²) in [6, 6.07) is 0. The molecule has 0 saturated carbocycles. The molecule has 0 aromatic rings. The van der Waals surface area contributed by atoms with E-state index in [0.29, 0.717) is 13.1 Å². The molecule has 1 amide bonds. The van der Waals surface area contributed by atoms with Crippen molar-refractivity contribution < 1.29 is 19.4 Å².